The van der Waals surface area contributed by atoms with Crippen molar-refractivity contribution in [3.63, 3.8) is 0 Å². The minimum Gasteiger partial charge on any atom is -0.0766 e. The molecule has 0 nitrogen and oxygen atoms in total. The molecule has 0 saturated carbocycles. The molecule has 3 rings (SSSR count). The van der Waals surface area contributed by atoms with Crippen LogP contribution in [0.5, 0.6) is 0 Å². The summed E-state index contributed by atoms with van der Waals surface area (Å²) in [5.74, 6) is 0.530. The van der Waals surface area contributed by atoms with Crippen molar-refractivity contribution in [2.24, 2.45) is 0 Å². The van der Waals surface area contributed by atoms with E-state index >= 15 is 0 Å². The molecule has 0 aromatic heterocycles. The first-order valence-corrected chi connectivity index (χ1v) is 5.96. The van der Waals surface area contributed by atoms with Crippen LogP contribution in [0.4, 0.5) is 0 Å². The lowest BCUT2D eigenvalue weighted by molar-refractivity contribution is 1.00. The highest BCUT2D eigenvalue weighted by molar-refractivity contribution is 9.10. The summed E-state index contributed by atoms with van der Waals surface area (Å²) in [5.41, 5.74) is 2.81. The fourth-order valence-corrected chi connectivity index (χ4v) is 2.95. The average Bonchev–Trinajstić information content (AvgIpc) is 2.62. The summed E-state index contributed by atoms with van der Waals surface area (Å²) in [6, 6.07) is 10.8. The average molecular weight is 259 g/mol. The Balaban J connectivity index is 2.48. The summed E-state index contributed by atoms with van der Waals surface area (Å²) in [5, 5.41) is 2.70. The first kappa shape index (κ1) is 9.17. The zero-order valence-electron chi connectivity index (χ0n) is 8.50. The van der Waals surface area contributed by atoms with Crippen molar-refractivity contribution >= 4 is 32.8 Å². The fourth-order valence-electron chi connectivity index (χ4n) is 2.35. The summed E-state index contributed by atoms with van der Waals surface area (Å²) in [7, 11) is 0. The van der Waals surface area contributed by atoms with Crippen molar-refractivity contribution in [2.45, 2.75) is 12.8 Å². The molecular formula is C14H11Br. The van der Waals surface area contributed by atoms with E-state index in [1.165, 1.54) is 26.4 Å². The number of hydrogen-bond donors (Lipinski definition) is 0. The lowest BCUT2D eigenvalue weighted by Gasteiger charge is -2.11. The molecule has 0 aliphatic heterocycles. The second kappa shape index (κ2) is 3.21. The molecule has 0 spiro atoms. The molecule has 1 heteroatoms. The van der Waals surface area contributed by atoms with Crippen LogP contribution in [0.1, 0.15) is 24.0 Å². The topological polar surface area (TPSA) is 0 Å². The van der Waals surface area contributed by atoms with Crippen molar-refractivity contribution in [1.29, 1.82) is 0 Å². The number of allylic oxidation sites excluding steroid dienone is 1. The van der Waals surface area contributed by atoms with Gasteiger partial charge in [-0.05, 0) is 28.0 Å². The molecule has 2 aromatic rings. The van der Waals surface area contributed by atoms with Crippen molar-refractivity contribution in [2.75, 3.05) is 0 Å². The van der Waals surface area contributed by atoms with E-state index in [1.54, 1.807) is 0 Å². The van der Waals surface area contributed by atoms with Gasteiger partial charge in [0, 0.05) is 10.4 Å². The Morgan fingerprint density at radius 1 is 1.20 bits per heavy atom. The maximum absolute atomic E-state index is 3.64. The van der Waals surface area contributed by atoms with Gasteiger partial charge in [-0.15, -0.1) is 0 Å². The van der Waals surface area contributed by atoms with Gasteiger partial charge in [-0.25, -0.2) is 0 Å². The standard InChI is InChI=1S/C14H11Br/c1-9-6-7-12-13(15)8-10-4-2-3-5-11(10)14(9)12/h2-9H,1H3. The van der Waals surface area contributed by atoms with E-state index in [2.05, 4.69) is 65.3 Å². The molecule has 0 amide bonds. The van der Waals surface area contributed by atoms with Gasteiger partial charge in [0.2, 0.25) is 0 Å². The maximum atomic E-state index is 3.64. The van der Waals surface area contributed by atoms with E-state index in [0.717, 1.165) is 0 Å². The molecule has 1 aliphatic carbocycles. The summed E-state index contributed by atoms with van der Waals surface area (Å²) in [4.78, 5) is 0. The van der Waals surface area contributed by atoms with Crippen LogP contribution in [-0.2, 0) is 0 Å². The molecule has 0 saturated heterocycles. The Morgan fingerprint density at radius 3 is 2.87 bits per heavy atom. The van der Waals surface area contributed by atoms with Gasteiger partial charge >= 0.3 is 0 Å². The number of rotatable bonds is 0. The lowest BCUT2D eigenvalue weighted by Crippen LogP contribution is -1.90. The molecule has 0 radical (unpaired) electrons. The summed E-state index contributed by atoms with van der Waals surface area (Å²) < 4.78 is 1.21. The van der Waals surface area contributed by atoms with Gasteiger partial charge in [0.15, 0.2) is 0 Å². The van der Waals surface area contributed by atoms with Gasteiger partial charge < -0.3 is 0 Å². The fraction of sp³-hybridized carbons (Fsp3) is 0.143. The number of hydrogen-bond acceptors (Lipinski definition) is 0. The van der Waals surface area contributed by atoms with Crippen molar-refractivity contribution in [3.05, 3.63) is 52.0 Å². The maximum Gasteiger partial charge on any atom is 0.0256 e. The SMILES string of the molecule is CC1C=Cc2c(Br)cc3ccccc3c21. The third-order valence-electron chi connectivity index (χ3n) is 3.09. The van der Waals surface area contributed by atoms with Crippen molar-refractivity contribution in [1.82, 2.24) is 0 Å². The molecule has 0 bridgehead atoms. The highest BCUT2D eigenvalue weighted by Gasteiger charge is 2.18. The van der Waals surface area contributed by atoms with Crippen LogP contribution in [0.25, 0.3) is 16.8 Å². The van der Waals surface area contributed by atoms with Gasteiger partial charge in [0.1, 0.15) is 0 Å². The van der Waals surface area contributed by atoms with E-state index in [1.807, 2.05) is 0 Å². The Morgan fingerprint density at radius 2 is 2.00 bits per heavy atom. The highest BCUT2D eigenvalue weighted by atomic mass is 79.9. The van der Waals surface area contributed by atoms with E-state index < -0.39 is 0 Å². The smallest absolute Gasteiger partial charge is 0.0256 e. The van der Waals surface area contributed by atoms with Crippen LogP contribution in [0.2, 0.25) is 0 Å². The lowest BCUT2D eigenvalue weighted by atomic mass is 9.95. The third kappa shape index (κ3) is 1.26. The molecule has 1 atom stereocenters. The predicted molar refractivity (Wildman–Crippen MR) is 69.1 cm³/mol. The van der Waals surface area contributed by atoms with Gasteiger partial charge in [-0.3, -0.25) is 0 Å². The molecule has 0 N–H and O–H groups in total. The number of benzene rings is 2. The molecule has 15 heavy (non-hydrogen) atoms. The molecular weight excluding hydrogens is 248 g/mol. The third-order valence-corrected chi connectivity index (χ3v) is 3.74. The predicted octanol–water partition coefficient (Wildman–Crippen LogP) is 4.73. The summed E-state index contributed by atoms with van der Waals surface area (Å²) >= 11 is 3.64. The van der Waals surface area contributed by atoms with Crippen LogP contribution >= 0.6 is 15.9 Å². The monoisotopic (exact) mass is 258 g/mol. The Labute approximate surface area is 97.7 Å². The normalized spacial score (nSPS) is 18.4. The van der Waals surface area contributed by atoms with Gasteiger partial charge in [-0.1, -0.05) is 59.3 Å². The first-order chi connectivity index (χ1) is 7.27. The van der Waals surface area contributed by atoms with Gasteiger partial charge in [0.25, 0.3) is 0 Å². The van der Waals surface area contributed by atoms with Crippen LogP contribution in [0, 0.1) is 0 Å². The first-order valence-electron chi connectivity index (χ1n) is 5.17. The summed E-state index contributed by atoms with van der Waals surface area (Å²) in [6.45, 7) is 2.25. The Bertz CT molecular complexity index is 567. The molecule has 2 aromatic carbocycles. The second-order valence-electron chi connectivity index (χ2n) is 4.05. The van der Waals surface area contributed by atoms with Crippen molar-refractivity contribution < 1.29 is 0 Å². The largest absolute Gasteiger partial charge is 0.0766 e. The van der Waals surface area contributed by atoms with Crippen LogP contribution in [0.15, 0.2) is 40.9 Å². The molecule has 74 valence electrons. The van der Waals surface area contributed by atoms with Crippen molar-refractivity contribution in [3.8, 4) is 0 Å². The quantitative estimate of drug-likeness (QED) is 0.641. The van der Waals surface area contributed by atoms with Crippen LogP contribution in [0.3, 0.4) is 0 Å². The van der Waals surface area contributed by atoms with Crippen LogP contribution < -0.4 is 0 Å². The molecule has 1 unspecified atom stereocenters. The summed E-state index contributed by atoms with van der Waals surface area (Å²) in [6.07, 6.45) is 4.48. The Kier molecular flexibility index (Phi) is 1.96. The molecule has 0 heterocycles. The minimum atomic E-state index is 0.530. The zero-order chi connectivity index (χ0) is 10.4. The van der Waals surface area contributed by atoms with Gasteiger partial charge in [0.05, 0.1) is 0 Å². The van der Waals surface area contributed by atoms with Gasteiger partial charge in [-0.2, -0.15) is 0 Å². The zero-order valence-corrected chi connectivity index (χ0v) is 10.1. The van der Waals surface area contributed by atoms with E-state index in [-0.39, 0.29) is 0 Å². The minimum absolute atomic E-state index is 0.530. The number of fused-ring (bicyclic) bond motifs is 3. The highest BCUT2D eigenvalue weighted by Crippen LogP contribution is 2.39. The van der Waals surface area contributed by atoms with E-state index in [0.29, 0.717) is 5.92 Å². The molecule has 0 fully saturated rings. The molecule has 1 aliphatic rings. The van der Waals surface area contributed by atoms with E-state index in [9.17, 15) is 0 Å². The number of halogens is 1. The second-order valence-corrected chi connectivity index (χ2v) is 4.91. The van der Waals surface area contributed by atoms with Crippen LogP contribution in [-0.4, -0.2) is 0 Å². The Hall–Kier alpha value is -1.08. The van der Waals surface area contributed by atoms with E-state index in [4.69, 9.17) is 0 Å².